The van der Waals surface area contributed by atoms with E-state index in [4.69, 9.17) is 0 Å². The first-order valence-corrected chi connectivity index (χ1v) is 6.73. The van der Waals surface area contributed by atoms with Gasteiger partial charge in [0.05, 0.1) is 6.54 Å². The Balaban J connectivity index is 2.38. The van der Waals surface area contributed by atoms with E-state index in [1.54, 1.807) is 6.33 Å². The minimum absolute atomic E-state index is 0.0459. The van der Waals surface area contributed by atoms with Gasteiger partial charge >= 0.3 is 0 Å². The Morgan fingerprint density at radius 1 is 1.47 bits per heavy atom. The highest BCUT2D eigenvalue weighted by Gasteiger charge is 2.23. The van der Waals surface area contributed by atoms with E-state index in [1.807, 2.05) is 11.8 Å². The molecule has 1 aromatic heterocycles. The number of carbonyl (C=O) groups excluding carboxylic acids is 1. The zero-order chi connectivity index (χ0) is 13.8. The van der Waals surface area contributed by atoms with Crippen molar-refractivity contribution in [3.05, 3.63) is 11.9 Å². The number of hydrogen-bond donors (Lipinski definition) is 2. The van der Waals surface area contributed by atoms with E-state index >= 15 is 0 Å². The van der Waals surface area contributed by atoms with Gasteiger partial charge in [-0.2, -0.15) is 0 Å². The lowest BCUT2D eigenvalue weighted by atomic mass is 10.0. The molecule has 0 unspecified atom stereocenters. The van der Waals surface area contributed by atoms with Gasteiger partial charge in [-0.15, -0.1) is 0 Å². The van der Waals surface area contributed by atoms with Gasteiger partial charge in [0.25, 0.3) is 0 Å². The molecule has 0 bridgehead atoms. The number of carbonyl (C=O) groups is 1. The van der Waals surface area contributed by atoms with Gasteiger partial charge in [0, 0.05) is 25.2 Å². The summed E-state index contributed by atoms with van der Waals surface area (Å²) >= 11 is 0. The van der Waals surface area contributed by atoms with Gasteiger partial charge in [-0.25, -0.2) is 9.97 Å². The van der Waals surface area contributed by atoms with Gasteiger partial charge in [-0.05, 0) is 12.8 Å². The molecule has 0 aromatic carbocycles. The maximum Gasteiger partial charge on any atom is 0.239 e. The first-order valence-electron chi connectivity index (χ1n) is 6.73. The zero-order valence-corrected chi connectivity index (χ0v) is 11.7. The van der Waals surface area contributed by atoms with E-state index in [2.05, 4.69) is 34.4 Å². The number of aromatic nitrogens is 2. The largest absolute Gasteiger partial charge is 0.370 e. The predicted molar refractivity (Wildman–Crippen MR) is 75.5 cm³/mol. The Hall–Kier alpha value is -1.85. The molecule has 19 heavy (non-hydrogen) atoms. The summed E-state index contributed by atoms with van der Waals surface area (Å²) in [6, 6.07) is 0. The van der Waals surface area contributed by atoms with Crippen LogP contribution in [0.4, 0.5) is 11.6 Å². The van der Waals surface area contributed by atoms with Crippen LogP contribution < -0.4 is 15.5 Å². The number of piperazine rings is 1. The highest BCUT2D eigenvalue weighted by atomic mass is 16.2. The van der Waals surface area contributed by atoms with Gasteiger partial charge in [-0.3, -0.25) is 4.79 Å². The topological polar surface area (TPSA) is 70.2 Å². The van der Waals surface area contributed by atoms with Crippen molar-refractivity contribution in [3.63, 3.8) is 0 Å². The van der Waals surface area contributed by atoms with Crippen molar-refractivity contribution in [2.45, 2.75) is 26.7 Å². The molecule has 6 nitrogen and oxygen atoms in total. The molecule has 0 radical (unpaired) electrons. The SMILES string of the molecule is CCNc1ncnc(N2CCNC(=O)C2)c1C(C)C. The molecule has 2 rings (SSSR count). The van der Waals surface area contributed by atoms with Crippen molar-refractivity contribution in [1.82, 2.24) is 15.3 Å². The third-order valence-electron chi connectivity index (χ3n) is 3.12. The van der Waals surface area contributed by atoms with E-state index in [9.17, 15) is 4.79 Å². The lowest BCUT2D eigenvalue weighted by Gasteiger charge is -2.30. The van der Waals surface area contributed by atoms with E-state index in [1.165, 1.54) is 0 Å². The fourth-order valence-corrected chi connectivity index (χ4v) is 2.30. The van der Waals surface area contributed by atoms with Crippen LogP contribution >= 0.6 is 0 Å². The number of nitrogens with one attached hydrogen (secondary N) is 2. The fraction of sp³-hybridized carbons (Fsp3) is 0.615. The maximum absolute atomic E-state index is 11.5. The normalized spacial score (nSPS) is 15.6. The Labute approximate surface area is 113 Å². The third kappa shape index (κ3) is 2.94. The molecule has 1 saturated heterocycles. The molecule has 6 heteroatoms. The van der Waals surface area contributed by atoms with Crippen LogP contribution in [0.3, 0.4) is 0 Å². The summed E-state index contributed by atoms with van der Waals surface area (Å²) in [6.07, 6.45) is 1.56. The smallest absolute Gasteiger partial charge is 0.239 e. The van der Waals surface area contributed by atoms with Crippen LogP contribution in [0.2, 0.25) is 0 Å². The molecule has 2 N–H and O–H groups in total. The quantitative estimate of drug-likeness (QED) is 0.847. The minimum Gasteiger partial charge on any atom is -0.370 e. The van der Waals surface area contributed by atoms with Crippen LogP contribution in [-0.4, -0.2) is 42.1 Å². The Bertz CT molecular complexity index is 460. The lowest BCUT2D eigenvalue weighted by Crippen LogP contribution is -2.48. The van der Waals surface area contributed by atoms with Crippen molar-refractivity contribution < 1.29 is 4.79 Å². The first-order chi connectivity index (χ1) is 9.13. The molecule has 1 fully saturated rings. The van der Waals surface area contributed by atoms with Gasteiger partial charge in [0.15, 0.2) is 0 Å². The summed E-state index contributed by atoms with van der Waals surface area (Å²) in [5.74, 6) is 2.09. The van der Waals surface area contributed by atoms with Crippen LogP contribution in [0.25, 0.3) is 0 Å². The number of amides is 1. The fourth-order valence-electron chi connectivity index (χ4n) is 2.30. The van der Waals surface area contributed by atoms with Gasteiger partial charge in [-0.1, -0.05) is 13.8 Å². The molecule has 0 spiro atoms. The van der Waals surface area contributed by atoms with Crippen LogP contribution in [0.1, 0.15) is 32.3 Å². The molecule has 0 atom stereocenters. The van der Waals surface area contributed by atoms with Crippen molar-refractivity contribution in [3.8, 4) is 0 Å². The summed E-state index contributed by atoms with van der Waals surface area (Å²) in [6.45, 7) is 8.91. The molecular weight excluding hydrogens is 242 g/mol. The molecule has 2 heterocycles. The number of hydrogen-bond acceptors (Lipinski definition) is 5. The van der Waals surface area contributed by atoms with E-state index in [0.29, 0.717) is 19.0 Å². The Morgan fingerprint density at radius 2 is 2.26 bits per heavy atom. The van der Waals surface area contributed by atoms with Gasteiger partial charge in [0.2, 0.25) is 5.91 Å². The van der Waals surface area contributed by atoms with E-state index in [-0.39, 0.29) is 5.91 Å². The standard InChI is InChI=1S/C13H21N5O/c1-4-14-12-11(9(2)3)13(17-8-16-12)18-6-5-15-10(19)7-18/h8-9H,4-7H2,1-3H3,(H,15,19)(H,14,16,17). The second-order valence-corrected chi connectivity index (χ2v) is 4.92. The van der Waals surface area contributed by atoms with E-state index in [0.717, 1.165) is 30.3 Å². The van der Waals surface area contributed by atoms with Crippen LogP contribution in [0, 0.1) is 0 Å². The predicted octanol–water partition coefficient (Wildman–Crippen LogP) is 0.968. The monoisotopic (exact) mass is 263 g/mol. The summed E-state index contributed by atoms with van der Waals surface area (Å²) in [5, 5.41) is 6.10. The van der Waals surface area contributed by atoms with Crippen LogP contribution in [-0.2, 0) is 4.79 Å². The van der Waals surface area contributed by atoms with Crippen molar-refractivity contribution in [1.29, 1.82) is 0 Å². The average molecular weight is 263 g/mol. The first kappa shape index (κ1) is 13.6. The highest BCUT2D eigenvalue weighted by molar-refractivity contribution is 5.83. The summed E-state index contributed by atoms with van der Waals surface area (Å²) < 4.78 is 0. The minimum atomic E-state index is 0.0459. The number of rotatable bonds is 4. The van der Waals surface area contributed by atoms with Crippen molar-refractivity contribution >= 4 is 17.5 Å². The van der Waals surface area contributed by atoms with Crippen molar-refractivity contribution in [2.75, 3.05) is 36.4 Å². The van der Waals surface area contributed by atoms with Gasteiger partial charge < -0.3 is 15.5 Å². The Morgan fingerprint density at radius 3 is 2.89 bits per heavy atom. The second-order valence-electron chi connectivity index (χ2n) is 4.92. The summed E-state index contributed by atoms with van der Waals surface area (Å²) in [7, 11) is 0. The molecule has 1 aliphatic rings. The lowest BCUT2D eigenvalue weighted by molar-refractivity contribution is -0.120. The average Bonchev–Trinajstić information content (AvgIpc) is 2.38. The zero-order valence-electron chi connectivity index (χ0n) is 11.7. The molecule has 1 aromatic rings. The maximum atomic E-state index is 11.5. The third-order valence-corrected chi connectivity index (χ3v) is 3.12. The molecule has 0 saturated carbocycles. The summed E-state index contributed by atoms with van der Waals surface area (Å²) in [5.41, 5.74) is 1.08. The van der Waals surface area contributed by atoms with Gasteiger partial charge in [0.1, 0.15) is 18.0 Å². The second kappa shape index (κ2) is 5.86. The van der Waals surface area contributed by atoms with E-state index < -0.39 is 0 Å². The molecule has 0 aliphatic carbocycles. The number of anilines is 2. The molecular formula is C13H21N5O. The molecule has 104 valence electrons. The molecule has 1 amide bonds. The van der Waals surface area contributed by atoms with Crippen LogP contribution in [0.5, 0.6) is 0 Å². The number of nitrogens with zero attached hydrogens (tertiary/aromatic N) is 3. The summed E-state index contributed by atoms with van der Waals surface area (Å²) in [4.78, 5) is 22.3. The highest BCUT2D eigenvalue weighted by Crippen LogP contribution is 2.30. The molecule has 1 aliphatic heterocycles. The Kier molecular flexibility index (Phi) is 4.19. The van der Waals surface area contributed by atoms with Crippen LogP contribution in [0.15, 0.2) is 6.33 Å². The van der Waals surface area contributed by atoms with Crippen molar-refractivity contribution in [2.24, 2.45) is 0 Å².